The molecule has 1 saturated heterocycles. The molecular formula is C17H19N5O. The normalized spacial score (nSPS) is 17.6. The molecule has 3 rings (SSSR count). The van der Waals surface area contributed by atoms with Crippen LogP contribution in [0, 0.1) is 11.3 Å². The maximum absolute atomic E-state index is 12.3. The van der Waals surface area contributed by atoms with Crippen LogP contribution in [0.25, 0.3) is 0 Å². The Hall–Kier alpha value is -2.81. The second kappa shape index (κ2) is 6.53. The number of aryl methyl sites for hydroxylation is 1. The maximum Gasteiger partial charge on any atom is 0.269 e. The first-order valence-corrected chi connectivity index (χ1v) is 7.71. The van der Waals surface area contributed by atoms with E-state index in [4.69, 9.17) is 5.26 Å². The number of benzene rings is 1. The van der Waals surface area contributed by atoms with E-state index >= 15 is 0 Å². The number of aromatic nitrogens is 2. The molecule has 1 aliphatic rings. The minimum absolute atomic E-state index is 0.0864. The van der Waals surface area contributed by atoms with Crippen LogP contribution >= 0.6 is 0 Å². The summed E-state index contributed by atoms with van der Waals surface area (Å²) < 4.78 is 1.58. The van der Waals surface area contributed by atoms with E-state index in [0.717, 1.165) is 31.6 Å². The van der Waals surface area contributed by atoms with Crippen molar-refractivity contribution in [3.8, 4) is 6.07 Å². The number of nitrogens with one attached hydrogen (secondary N) is 1. The van der Waals surface area contributed by atoms with E-state index in [1.54, 1.807) is 24.0 Å². The molecule has 23 heavy (non-hydrogen) atoms. The molecule has 0 bridgehead atoms. The molecule has 2 heterocycles. The molecular weight excluding hydrogens is 290 g/mol. The molecule has 6 heteroatoms. The number of rotatable bonds is 3. The van der Waals surface area contributed by atoms with Crippen molar-refractivity contribution in [2.75, 3.05) is 18.0 Å². The van der Waals surface area contributed by atoms with Gasteiger partial charge in [-0.05, 0) is 43.2 Å². The van der Waals surface area contributed by atoms with Crippen molar-refractivity contribution >= 4 is 11.6 Å². The standard InChI is InChI=1S/C17H19N5O/c1-21-16(8-9-19-21)17(23)20-14-3-2-10-22(12-14)15-6-4-13(11-18)5-7-15/h4-9,14H,2-3,10,12H2,1H3,(H,20,23). The number of carbonyl (C=O) groups excluding carboxylic acids is 1. The summed E-state index contributed by atoms with van der Waals surface area (Å²) in [6.45, 7) is 1.74. The van der Waals surface area contributed by atoms with Crippen LogP contribution in [0.1, 0.15) is 28.9 Å². The van der Waals surface area contributed by atoms with Crippen LogP contribution < -0.4 is 10.2 Å². The number of carbonyl (C=O) groups is 1. The summed E-state index contributed by atoms with van der Waals surface area (Å²) in [7, 11) is 1.76. The van der Waals surface area contributed by atoms with Gasteiger partial charge >= 0.3 is 0 Å². The van der Waals surface area contributed by atoms with Gasteiger partial charge in [-0.2, -0.15) is 10.4 Å². The molecule has 1 aromatic carbocycles. The summed E-state index contributed by atoms with van der Waals surface area (Å²) in [4.78, 5) is 14.5. The molecule has 1 N–H and O–H groups in total. The molecule has 1 amide bonds. The highest BCUT2D eigenvalue weighted by Gasteiger charge is 2.23. The van der Waals surface area contributed by atoms with Gasteiger partial charge in [0.05, 0.1) is 11.6 Å². The molecule has 0 spiro atoms. The van der Waals surface area contributed by atoms with E-state index in [1.165, 1.54) is 0 Å². The predicted octanol–water partition coefficient (Wildman–Crippen LogP) is 1.69. The minimum Gasteiger partial charge on any atom is -0.369 e. The third-order valence-corrected chi connectivity index (χ3v) is 4.17. The van der Waals surface area contributed by atoms with Crippen LogP contribution in [-0.2, 0) is 7.05 Å². The van der Waals surface area contributed by atoms with Gasteiger partial charge in [-0.1, -0.05) is 0 Å². The summed E-state index contributed by atoms with van der Waals surface area (Å²) in [5, 5.41) is 16.0. The average Bonchev–Trinajstić information content (AvgIpc) is 3.01. The fraction of sp³-hybridized carbons (Fsp3) is 0.353. The average molecular weight is 309 g/mol. The van der Waals surface area contributed by atoms with Gasteiger partial charge in [-0.3, -0.25) is 9.48 Å². The number of hydrogen-bond acceptors (Lipinski definition) is 4. The zero-order valence-electron chi connectivity index (χ0n) is 13.1. The Morgan fingerprint density at radius 1 is 1.35 bits per heavy atom. The highest BCUT2D eigenvalue weighted by Crippen LogP contribution is 2.20. The van der Waals surface area contributed by atoms with Crippen molar-refractivity contribution < 1.29 is 4.79 Å². The third kappa shape index (κ3) is 3.34. The lowest BCUT2D eigenvalue weighted by Crippen LogP contribution is -2.48. The smallest absolute Gasteiger partial charge is 0.269 e. The van der Waals surface area contributed by atoms with Gasteiger partial charge in [0.2, 0.25) is 0 Å². The number of piperidine rings is 1. The molecule has 1 aliphatic heterocycles. The van der Waals surface area contributed by atoms with Crippen molar-refractivity contribution in [2.24, 2.45) is 7.05 Å². The molecule has 1 atom stereocenters. The summed E-state index contributed by atoms with van der Waals surface area (Å²) in [6.07, 6.45) is 3.62. The number of anilines is 1. The van der Waals surface area contributed by atoms with Crippen LogP contribution in [0.2, 0.25) is 0 Å². The second-order valence-corrected chi connectivity index (χ2v) is 5.76. The summed E-state index contributed by atoms with van der Waals surface area (Å²) in [6, 6.07) is 11.5. The molecule has 1 fully saturated rings. The summed E-state index contributed by atoms with van der Waals surface area (Å²) in [5.74, 6) is -0.0864. The largest absolute Gasteiger partial charge is 0.369 e. The van der Waals surface area contributed by atoms with Gasteiger partial charge in [0.15, 0.2) is 0 Å². The van der Waals surface area contributed by atoms with Crippen LogP contribution in [-0.4, -0.2) is 34.8 Å². The van der Waals surface area contributed by atoms with E-state index in [-0.39, 0.29) is 11.9 Å². The Morgan fingerprint density at radius 3 is 2.78 bits per heavy atom. The number of amides is 1. The van der Waals surface area contributed by atoms with Gasteiger partial charge in [0, 0.05) is 38.1 Å². The Kier molecular flexibility index (Phi) is 4.29. The number of nitrogens with zero attached hydrogens (tertiary/aromatic N) is 4. The monoisotopic (exact) mass is 309 g/mol. The van der Waals surface area contributed by atoms with Gasteiger partial charge in [0.25, 0.3) is 5.91 Å². The van der Waals surface area contributed by atoms with E-state index in [2.05, 4.69) is 21.4 Å². The van der Waals surface area contributed by atoms with E-state index in [9.17, 15) is 4.79 Å². The molecule has 2 aromatic rings. The highest BCUT2D eigenvalue weighted by atomic mass is 16.2. The van der Waals surface area contributed by atoms with Gasteiger partial charge in [-0.15, -0.1) is 0 Å². The Balaban J connectivity index is 1.65. The number of nitriles is 1. The Bertz CT molecular complexity index is 728. The molecule has 0 aliphatic carbocycles. The van der Waals surface area contributed by atoms with Gasteiger partial charge < -0.3 is 10.2 Å². The lowest BCUT2D eigenvalue weighted by molar-refractivity contribution is 0.0923. The fourth-order valence-electron chi connectivity index (χ4n) is 2.93. The number of hydrogen-bond donors (Lipinski definition) is 1. The van der Waals surface area contributed by atoms with Crippen molar-refractivity contribution in [1.82, 2.24) is 15.1 Å². The maximum atomic E-state index is 12.3. The minimum atomic E-state index is -0.0864. The molecule has 118 valence electrons. The first kappa shape index (κ1) is 15.1. The van der Waals surface area contributed by atoms with E-state index < -0.39 is 0 Å². The van der Waals surface area contributed by atoms with E-state index in [0.29, 0.717) is 11.3 Å². The quantitative estimate of drug-likeness (QED) is 0.936. The molecule has 1 unspecified atom stereocenters. The van der Waals surface area contributed by atoms with Crippen molar-refractivity contribution in [1.29, 1.82) is 5.26 Å². The first-order valence-electron chi connectivity index (χ1n) is 7.71. The summed E-state index contributed by atoms with van der Waals surface area (Å²) >= 11 is 0. The summed E-state index contributed by atoms with van der Waals surface area (Å²) in [5.41, 5.74) is 2.32. The molecule has 1 aromatic heterocycles. The SMILES string of the molecule is Cn1nccc1C(=O)NC1CCCN(c2ccc(C#N)cc2)C1. The second-order valence-electron chi connectivity index (χ2n) is 5.76. The van der Waals surface area contributed by atoms with Crippen LogP contribution in [0.15, 0.2) is 36.5 Å². The van der Waals surface area contributed by atoms with Crippen molar-refractivity contribution in [3.05, 3.63) is 47.8 Å². The first-order chi connectivity index (χ1) is 11.2. The van der Waals surface area contributed by atoms with E-state index in [1.807, 2.05) is 24.3 Å². The highest BCUT2D eigenvalue weighted by molar-refractivity contribution is 5.92. The van der Waals surface area contributed by atoms with Crippen molar-refractivity contribution in [2.45, 2.75) is 18.9 Å². The molecule has 0 radical (unpaired) electrons. The lowest BCUT2D eigenvalue weighted by Gasteiger charge is -2.34. The fourth-order valence-corrected chi connectivity index (χ4v) is 2.93. The zero-order chi connectivity index (χ0) is 16.2. The van der Waals surface area contributed by atoms with Gasteiger partial charge in [-0.25, -0.2) is 0 Å². The molecule has 0 saturated carbocycles. The molecule has 6 nitrogen and oxygen atoms in total. The van der Waals surface area contributed by atoms with Crippen LogP contribution in [0.4, 0.5) is 5.69 Å². The Morgan fingerprint density at radius 2 is 2.13 bits per heavy atom. The Labute approximate surface area is 135 Å². The lowest BCUT2D eigenvalue weighted by atomic mass is 10.0. The third-order valence-electron chi connectivity index (χ3n) is 4.17. The topological polar surface area (TPSA) is 74.0 Å². The van der Waals surface area contributed by atoms with Gasteiger partial charge in [0.1, 0.15) is 5.69 Å². The van der Waals surface area contributed by atoms with Crippen molar-refractivity contribution in [3.63, 3.8) is 0 Å². The van der Waals surface area contributed by atoms with Crippen LogP contribution in [0.3, 0.4) is 0 Å². The van der Waals surface area contributed by atoms with Crippen LogP contribution in [0.5, 0.6) is 0 Å². The predicted molar refractivity (Wildman–Crippen MR) is 87.1 cm³/mol. The zero-order valence-corrected chi connectivity index (χ0v) is 13.1.